The molecular formula is C20H25BrN6. The molecule has 27 heavy (non-hydrogen) atoms. The number of hydrogen-bond donors (Lipinski definition) is 2. The number of anilines is 3. The first-order valence-electron chi connectivity index (χ1n) is 9.14. The summed E-state index contributed by atoms with van der Waals surface area (Å²) in [4.78, 5) is 15.1. The molecule has 0 unspecified atom stereocenters. The molecule has 0 atom stereocenters. The summed E-state index contributed by atoms with van der Waals surface area (Å²) < 4.78 is 1.03. The maximum Gasteiger partial charge on any atom is 0.143 e. The van der Waals surface area contributed by atoms with Gasteiger partial charge in [0.1, 0.15) is 12.1 Å². The predicted molar refractivity (Wildman–Crippen MR) is 116 cm³/mol. The first-order valence-corrected chi connectivity index (χ1v) is 9.93. The third-order valence-corrected chi connectivity index (χ3v) is 4.95. The number of para-hydroxylation sites is 1. The first-order chi connectivity index (χ1) is 13.1. The zero-order chi connectivity index (χ0) is 19.1. The second kappa shape index (κ2) is 9.62. The minimum absolute atomic E-state index is 0.750. The number of nitrogens with zero attached hydrogens (tertiary/aromatic N) is 4. The van der Waals surface area contributed by atoms with Crippen LogP contribution in [0.5, 0.6) is 0 Å². The maximum absolute atomic E-state index is 4.40. The van der Waals surface area contributed by atoms with Gasteiger partial charge in [-0.3, -0.25) is 4.98 Å². The number of nitrogens with one attached hydrogen (secondary N) is 2. The molecule has 0 fully saturated rings. The Morgan fingerprint density at radius 3 is 2.81 bits per heavy atom. The fraction of sp³-hybridized carbons (Fsp3) is 0.350. The lowest BCUT2D eigenvalue weighted by Crippen LogP contribution is -2.13. The lowest BCUT2D eigenvalue weighted by atomic mass is 10.2. The molecule has 0 aliphatic carbocycles. The predicted octanol–water partition coefficient (Wildman–Crippen LogP) is 4.67. The SMILES string of the molecule is CN(C)CCCCCNc1c(Br)cccc1Nc1ncnc2ccncc12. The average molecular weight is 429 g/mol. The van der Waals surface area contributed by atoms with Crippen molar-refractivity contribution >= 4 is 44.0 Å². The van der Waals surface area contributed by atoms with Crippen LogP contribution in [0, 0.1) is 0 Å². The summed E-state index contributed by atoms with van der Waals surface area (Å²) in [5.41, 5.74) is 2.88. The topological polar surface area (TPSA) is 66.0 Å². The largest absolute Gasteiger partial charge is 0.382 e. The van der Waals surface area contributed by atoms with E-state index in [1.54, 1.807) is 18.7 Å². The Balaban J connectivity index is 1.70. The molecule has 2 N–H and O–H groups in total. The molecule has 6 nitrogen and oxygen atoms in total. The first kappa shape index (κ1) is 19.5. The Labute approximate surface area is 168 Å². The second-order valence-corrected chi connectivity index (χ2v) is 7.55. The van der Waals surface area contributed by atoms with Crippen molar-refractivity contribution in [3.63, 3.8) is 0 Å². The number of hydrogen-bond acceptors (Lipinski definition) is 6. The number of fused-ring (bicyclic) bond motifs is 1. The standard InChI is InChI=1S/C20H25BrN6/c1-27(2)12-5-3-4-10-23-19-16(21)7-6-8-18(19)26-20-15-13-22-11-9-17(15)24-14-25-20/h6-9,11,13-14,23H,3-5,10,12H2,1-2H3,(H,24,25,26). The van der Waals surface area contributed by atoms with Crippen molar-refractivity contribution in [1.29, 1.82) is 0 Å². The molecule has 0 amide bonds. The van der Waals surface area contributed by atoms with Crippen LogP contribution in [0.2, 0.25) is 0 Å². The summed E-state index contributed by atoms with van der Waals surface area (Å²) in [6.45, 7) is 2.06. The Hall–Kier alpha value is -2.25. The number of pyridine rings is 1. The van der Waals surface area contributed by atoms with Crippen molar-refractivity contribution in [3.05, 3.63) is 47.5 Å². The number of rotatable bonds is 9. The number of unbranched alkanes of at least 4 members (excludes halogenated alkanes) is 2. The minimum atomic E-state index is 0.750. The summed E-state index contributed by atoms with van der Waals surface area (Å²) in [5, 5.41) is 7.89. The molecule has 2 heterocycles. The van der Waals surface area contributed by atoms with Crippen molar-refractivity contribution in [1.82, 2.24) is 19.9 Å². The van der Waals surface area contributed by atoms with Crippen molar-refractivity contribution in [2.24, 2.45) is 0 Å². The van der Waals surface area contributed by atoms with Gasteiger partial charge >= 0.3 is 0 Å². The van der Waals surface area contributed by atoms with E-state index in [9.17, 15) is 0 Å². The molecular weight excluding hydrogens is 404 g/mol. The van der Waals surface area contributed by atoms with Crippen LogP contribution in [-0.4, -0.2) is 47.0 Å². The summed E-state index contributed by atoms with van der Waals surface area (Å²) in [6, 6.07) is 7.98. The Morgan fingerprint density at radius 1 is 1.07 bits per heavy atom. The van der Waals surface area contributed by atoms with E-state index in [1.165, 1.54) is 12.8 Å². The van der Waals surface area contributed by atoms with Crippen LogP contribution < -0.4 is 10.6 Å². The molecule has 0 radical (unpaired) electrons. The van der Waals surface area contributed by atoms with E-state index in [-0.39, 0.29) is 0 Å². The quantitative estimate of drug-likeness (QED) is 0.482. The fourth-order valence-electron chi connectivity index (χ4n) is 2.88. The number of aromatic nitrogens is 3. The molecule has 142 valence electrons. The lowest BCUT2D eigenvalue weighted by Gasteiger charge is -2.16. The van der Waals surface area contributed by atoms with Crippen molar-refractivity contribution in [2.45, 2.75) is 19.3 Å². The third-order valence-electron chi connectivity index (χ3n) is 4.29. The maximum atomic E-state index is 4.40. The van der Waals surface area contributed by atoms with Gasteiger partial charge in [0.15, 0.2) is 0 Å². The van der Waals surface area contributed by atoms with Crippen molar-refractivity contribution < 1.29 is 0 Å². The summed E-state index contributed by atoms with van der Waals surface area (Å²) in [6.07, 6.45) is 8.65. The highest BCUT2D eigenvalue weighted by Crippen LogP contribution is 2.33. The zero-order valence-electron chi connectivity index (χ0n) is 15.7. The molecule has 3 aromatic rings. The van der Waals surface area contributed by atoms with Crippen LogP contribution in [0.4, 0.5) is 17.2 Å². The van der Waals surface area contributed by atoms with E-state index in [0.29, 0.717) is 0 Å². The molecule has 0 saturated carbocycles. The highest BCUT2D eigenvalue weighted by Gasteiger charge is 2.10. The van der Waals surface area contributed by atoms with Crippen LogP contribution in [0.25, 0.3) is 10.9 Å². The molecule has 0 aliphatic rings. The van der Waals surface area contributed by atoms with Gasteiger partial charge in [0.05, 0.1) is 22.3 Å². The number of halogens is 1. The van der Waals surface area contributed by atoms with E-state index in [0.717, 1.165) is 52.1 Å². The summed E-state index contributed by atoms with van der Waals surface area (Å²) in [7, 11) is 4.23. The minimum Gasteiger partial charge on any atom is -0.382 e. The van der Waals surface area contributed by atoms with E-state index in [4.69, 9.17) is 0 Å². The van der Waals surface area contributed by atoms with Crippen LogP contribution in [0.3, 0.4) is 0 Å². The van der Waals surface area contributed by atoms with Gasteiger partial charge in [0, 0.05) is 23.4 Å². The van der Waals surface area contributed by atoms with Crippen LogP contribution in [0.1, 0.15) is 19.3 Å². The lowest BCUT2D eigenvalue weighted by molar-refractivity contribution is 0.393. The third kappa shape index (κ3) is 5.37. The highest BCUT2D eigenvalue weighted by molar-refractivity contribution is 9.10. The molecule has 1 aromatic carbocycles. The Morgan fingerprint density at radius 2 is 1.96 bits per heavy atom. The molecule has 2 aromatic heterocycles. The number of benzene rings is 1. The molecule has 0 spiro atoms. The van der Waals surface area contributed by atoms with Crippen LogP contribution in [0.15, 0.2) is 47.5 Å². The van der Waals surface area contributed by atoms with Gasteiger partial charge in [-0.25, -0.2) is 9.97 Å². The monoisotopic (exact) mass is 428 g/mol. The van der Waals surface area contributed by atoms with Gasteiger partial charge in [-0.05, 0) is 67.6 Å². The van der Waals surface area contributed by atoms with E-state index in [2.05, 4.69) is 60.5 Å². The molecule has 3 rings (SSSR count). The van der Waals surface area contributed by atoms with Crippen LogP contribution >= 0.6 is 15.9 Å². The smallest absolute Gasteiger partial charge is 0.143 e. The molecule has 0 saturated heterocycles. The average Bonchev–Trinajstić information content (AvgIpc) is 2.66. The normalized spacial score (nSPS) is 11.1. The van der Waals surface area contributed by atoms with Crippen molar-refractivity contribution in [3.8, 4) is 0 Å². The van der Waals surface area contributed by atoms with Gasteiger partial charge in [0.25, 0.3) is 0 Å². The van der Waals surface area contributed by atoms with Gasteiger partial charge in [0.2, 0.25) is 0 Å². The Kier molecular flexibility index (Phi) is 6.95. The molecule has 0 aliphatic heterocycles. The van der Waals surface area contributed by atoms with Gasteiger partial charge in [-0.1, -0.05) is 12.5 Å². The van der Waals surface area contributed by atoms with E-state index >= 15 is 0 Å². The highest BCUT2D eigenvalue weighted by atomic mass is 79.9. The van der Waals surface area contributed by atoms with Gasteiger partial charge in [-0.2, -0.15) is 0 Å². The molecule has 0 bridgehead atoms. The Bertz CT molecular complexity index is 878. The summed E-state index contributed by atoms with van der Waals surface area (Å²) in [5.74, 6) is 0.750. The van der Waals surface area contributed by atoms with Gasteiger partial charge < -0.3 is 15.5 Å². The van der Waals surface area contributed by atoms with Crippen molar-refractivity contribution in [2.75, 3.05) is 37.8 Å². The fourth-order valence-corrected chi connectivity index (χ4v) is 3.39. The zero-order valence-corrected chi connectivity index (χ0v) is 17.3. The van der Waals surface area contributed by atoms with E-state index in [1.807, 2.05) is 24.3 Å². The van der Waals surface area contributed by atoms with E-state index < -0.39 is 0 Å². The van der Waals surface area contributed by atoms with Crippen LogP contribution in [-0.2, 0) is 0 Å². The van der Waals surface area contributed by atoms with Gasteiger partial charge in [-0.15, -0.1) is 0 Å². The molecule has 7 heteroatoms. The second-order valence-electron chi connectivity index (χ2n) is 6.69. The summed E-state index contributed by atoms with van der Waals surface area (Å²) >= 11 is 3.66.